The smallest absolute Gasteiger partial charge is 0.338 e. The van der Waals surface area contributed by atoms with Gasteiger partial charge in [-0.1, -0.05) is 77.8 Å². The van der Waals surface area contributed by atoms with E-state index in [0.717, 1.165) is 18.4 Å². The van der Waals surface area contributed by atoms with Gasteiger partial charge in [-0.2, -0.15) is 0 Å². The standard InChI is InChI=1S/C39H51N3O7/c1-6-8-22-40-35(44)24-34(43)33(23-26(3)4)41-38(46)36(27(5)7-2)42-37(45)29-14-18-31(19-15-29)49-32-20-16-30(17-21-32)39(47)48-25-28-12-10-9-11-13-28/h9-21,26-27,33-34,36,43H,6-8,22-25H2,1-5H3,(H,40,44)(H,41,46)(H,42,45)/t27-,33-,34-,36-/m0/s1. The fraction of sp³-hybridized carbons (Fsp3) is 0.436. The summed E-state index contributed by atoms with van der Waals surface area (Å²) >= 11 is 0. The summed E-state index contributed by atoms with van der Waals surface area (Å²) in [5.74, 6) is -0.600. The summed E-state index contributed by atoms with van der Waals surface area (Å²) in [5, 5.41) is 19.5. The second-order valence-electron chi connectivity index (χ2n) is 12.8. The van der Waals surface area contributed by atoms with Crippen molar-refractivity contribution in [3.05, 3.63) is 95.6 Å². The van der Waals surface area contributed by atoms with E-state index < -0.39 is 36.0 Å². The molecule has 3 amide bonds. The van der Waals surface area contributed by atoms with Gasteiger partial charge in [-0.25, -0.2) is 4.79 Å². The largest absolute Gasteiger partial charge is 0.457 e. The van der Waals surface area contributed by atoms with Gasteiger partial charge >= 0.3 is 5.97 Å². The predicted octanol–water partition coefficient (Wildman–Crippen LogP) is 6.18. The van der Waals surface area contributed by atoms with Crippen LogP contribution in [0.15, 0.2) is 78.9 Å². The van der Waals surface area contributed by atoms with Gasteiger partial charge in [0, 0.05) is 12.1 Å². The summed E-state index contributed by atoms with van der Waals surface area (Å²) in [6.07, 6.45) is 1.70. The number of esters is 1. The lowest BCUT2D eigenvalue weighted by atomic mass is 9.94. The maximum atomic E-state index is 13.5. The molecule has 49 heavy (non-hydrogen) atoms. The molecule has 0 aliphatic carbocycles. The van der Waals surface area contributed by atoms with Gasteiger partial charge in [0.1, 0.15) is 24.1 Å². The van der Waals surface area contributed by atoms with E-state index in [1.54, 1.807) is 48.5 Å². The molecule has 0 aliphatic heterocycles. The number of aliphatic hydroxyl groups excluding tert-OH is 1. The molecule has 0 radical (unpaired) electrons. The molecule has 0 saturated carbocycles. The summed E-state index contributed by atoms with van der Waals surface area (Å²) in [6, 6.07) is 21.0. The van der Waals surface area contributed by atoms with Gasteiger partial charge in [0.15, 0.2) is 0 Å². The van der Waals surface area contributed by atoms with Gasteiger partial charge in [-0.05, 0) is 78.8 Å². The summed E-state index contributed by atoms with van der Waals surface area (Å²) in [7, 11) is 0. The Kier molecular flexibility index (Phi) is 15.8. The Balaban J connectivity index is 1.59. The van der Waals surface area contributed by atoms with Gasteiger partial charge in [-0.15, -0.1) is 0 Å². The minimum absolute atomic E-state index is 0.123. The van der Waals surface area contributed by atoms with Gasteiger partial charge in [0.25, 0.3) is 5.91 Å². The first-order valence-corrected chi connectivity index (χ1v) is 17.2. The number of amides is 3. The Labute approximate surface area is 290 Å². The van der Waals surface area contributed by atoms with Crippen molar-refractivity contribution in [3.63, 3.8) is 0 Å². The number of hydrogen-bond donors (Lipinski definition) is 4. The van der Waals surface area contributed by atoms with Crippen LogP contribution in [0.25, 0.3) is 0 Å². The molecule has 3 rings (SSSR count). The van der Waals surface area contributed by atoms with E-state index in [0.29, 0.717) is 42.0 Å². The topological polar surface area (TPSA) is 143 Å². The van der Waals surface area contributed by atoms with Crippen LogP contribution in [0.4, 0.5) is 0 Å². The molecule has 0 fully saturated rings. The van der Waals surface area contributed by atoms with Crippen LogP contribution in [-0.4, -0.2) is 53.5 Å². The molecule has 4 atom stereocenters. The summed E-state index contributed by atoms with van der Waals surface area (Å²) in [4.78, 5) is 51.6. The van der Waals surface area contributed by atoms with Crippen molar-refractivity contribution in [2.75, 3.05) is 6.54 Å². The van der Waals surface area contributed by atoms with E-state index in [9.17, 15) is 24.3 Å². The third kappa shape index (κ3) is 13.0. The maximum Gasteiger partial charge on any atom is 0.338 e. The average Bonchev–Trinajstić information content (AvgIpc) is 3.09. The zero-order chi connectivity index (χ0) is 35.8. The molecule has 0 aromatic heterocycles. The highest BCUT2D eigenvalue weighted by Gasteiger charge is 2.31. The first kappa shape index (κ1) is 38.7. The number of hydrogen-bond acceptors (Lipinski definition) is 7. The van der Waals surface area contributed by atoms with E-state index in [-0.39, 0.29) is 30.8 Å². The molecule has 0 aliphatic rings. The van der Waals surface area contributed by atoms with Crippen LogP contribution in [0.1, 0.15) is 93.0 Å². The molecule has 3 aromatic rings. The van der Waals surface area contributed by atoms with Crippen molar-refractivity contribution in [3.8, 4) is 11.5 Å². The molecule has 0 heterocycles. The van der Waals surface area contributed by atoms with E-state index in [2.05, 4.69) is 16.0 Å². The number of rotatable bonds is 19. The first-order valence-electron chi connectivity index (χ1n) is 17.2. The van der Waals surface area contributed by atoms with Crippen molar-refractivity contribution in [2.24, 2.45) is 11.8 Å². The number of unbranched alkanes of at least 4 members (excludes halogenated alkanes) is 1. The van der Waals surface area contributed by atoms with Crippen molar-refractivity contribution < 1.29 is 33.8 Å². The van der Waals surface area contributed by atoms with E-state index in [1.807, 2.05) is 65.0 Å². The fourth-order valence-corrected chi connectivity index (χ4v) is 5.10. The molecule has 10 nitrogen and oxygen atoms in total. The SMILES string of the molecule is CCCCNC(=O)C[C@H](O)[C@H](CC(C)C)NC(=O)[C@@H](NC(=O)c1ccc(Oc2ccc(C(=O)OCc3ccccc3)cc2)cc1)[C@@H](C)CC. The molecular formula is C39H51N3O7. The Morgan fingerprint density at radius 2 is 1.41 bits per heavy atom. The molecule has 0 spiro atoms. The van der Waals surface area contributed by atoms with E-state index in [4.69, 9.17) is 9.47 Å². The molecular weight excluding hydrogens is 622 g/mol. The highest BCUT2D eigenvalue weighted by molar-refractivity contribution is 5.97. The Hall–Kier alpha value is -4.70. The Bertz CT molecular complexity index is 1480. The highest BCUT2D eigenvalue weighted by atomic mass is 16.5. The second kappa shape index (κ2) is 20.0. The fourth-order valence-electron chi connectivity index (χ4n) is 5.10. The van der Waals surface area contributed by atoms with Crippen molar-refractivity contribution >= 4 is 23.7 Å². The molecule has 3 aromatic carbocycles. The summed E-state index contributed by atoms with van der Waals surface area (Å²) in [5.41, 5.74) is 1.64. The van der Waals surface area contributed by atoms with Gasteiger partial charge in [0.05, 0.1) is 24.1 Å². The normalized spacial score (nSPS) is 13.4. The lowest BCUT2D eigenvalue weighted by Gasteiger charge is -2.30. The minimum atomic E-state index is -1.07. The molecule has 4 N–H and O–H groups in total. The van der Waals surface area contributed by atoms with Crippen molar-refractivity contribution in [1.29, 1.82) is 0 Å². The third-order valence-corrected chi connectivity index (χ3v) is 8.20. The lowest BCUT2D eigenvalue weighted by molar-refractivity contribution is -0.128. The number of carbonyl (C=O) groups is 4. The van der Waals surface area contributed by atoms with Crippen LogP contribution in [-0.2, 0) is 20.9 Å². The number of nitrogens with one attached hydrogen (secondary N) is 3. The van der Waals surface area contributed by atoms with Crippen molar-refractivity contribution in [2.45, 2.75) is 91.5 Å². The second-order valence-corrected chi connectivity index (χ2v) is 12.8. The molecule has 0 saturated heterocycles. The van der Waals surface area contributed by atoms with Crippen LogP contribution in [0, 0.1) is 11.8 Å². The Morgan fingerprint density at radius 3 is 1.98 bits per heavy atom. The third-order valence-electron chi connectivity index (χ3n) is 8.20. The quantitative estimate of drug-likeness (QED) is 0.0880. The monoisotopic (exact) mass is 673 g/mol. The van der Waals surface area contributed by atoms with Gasteiger partial charge in [0.2, 0.25) is 11.8 Å². The number of carbonyl (C=O) groups excluding carboxylic acids is 4. The van der Waals surface area contributed by atoms with Crippen molar-refractivity contribution in [1.82, 2.24) is 16.0 Å². The van der Waals surface area contributed by atoms with Crippen LogP contribution < -0.4 is 20.7 Å². The van der Waals surface area contributed by atoms with Gasteiger partial charge in [-0.3, -0.25) is 14.4 Å². The average molecular weight is 674 g/mol. The predicted molar refractivity (Wildman–Crippen MR) is 189 cm³/mol. The van der Waals surface area contributed by atoms with Crippen LogP contribution >= 0.6 is 0 Å². The molecule has 264 valence electrons. The summed E-state index contributed by atoms with van der Waals surface area (Å²) < 4.78 is 11.3. The van der Waals surface area contributed by atoms with Crippen LogP contribution in [0.3, 0.4) is 0 Å². The van der Waals surface area contributed by atoms with E-state index >= 15 is 0 Å². The van der Waals surface area contributed by atoms with Crippen LogP contribution in [0.2, 0.25) is 0 Å². The molecule has 10 heteroatoms. The highest BCUT2D eigenvalue weighted by Crippen LogP contribution is 2.23. The molecule has 0 unspecified atom stereocenters. The number of aliphatic hydroxyl groups is 1. The van der Waals surface area contributed by atoms with Crippen LogP contribution in [0.5, 0.6) is 11.5 Å². The number of benzene rings is 3. The first-order chi connectivity index (χ1) is 23.5. The maximum absolute atomic E-state index is 13.5. The zero-order valence-corrected chi connectivity index (χ0v) is 29.2. The lowest BCUT2D eigenvalue weighted by Crippen LogP contribution is -2.55. The Morgan fingerprint density at radius 1 is 0.796 bits per heavy atom. The van der Waals surface area contributed by atoms with Gasteiger partial charge < -0.3 is 30.5 Å². The summed E-state index contributed by atoms with van der Waals surface area (Å²) in [6.45, 7) is 10.5. The number of ether oxygens (including phenoxy) is 2. The zero-order valence-electron chi connectivity index (χ0n) is 29.2. The molecule has 0 bridgehead atoms. The van der Waals surface area contributed by atoms with E-state index in [1.165, 1.54) is 0 Å². The minimum Gasteiger partial charge on any atom is -0.457 e.